The lowest BCUT2D eigenvalue weighted by atomic mass is 9.88. The first-order valence-corrected chi connectivity index (χ1v) is 10.1. The van der Waals surface area contributed by atoms with E-state index in [2.05, 4.69) is 53.7 Å². The molecule has 4 heteroatoms. The third kappa shape index (κ3) is 3.76. The van der Waals surface area contributed by atoms with E-state index in [4.69, 9.17) is 18.9 Å². The van der Waals surface area contributed by atoms with E-state index < -0.39 is 0 Å². The fraction of sp³-hybridized carbons (Fsp3) is 0.500. The summed E-state index contributed by atoms with van der Waals surface area (Å²) in [7, 11) is 0. The van der Waals surface area contributed by atoms with Gasteiger partial charge in [-0.1, -0.05) is 0 Å². The van der Waals surface area contributed by atoms with Crippen LogP contribution in [0.2, 0.25) is 0 Å². The quantitative estimate of drug-likeness (QED) is 0.648. The molecule has 0 radical (unpaired) electrons. The highest BCUT2D eigenvalue weighted by atomic mass is 16.6. The fourth-order valence-electron chi connectivity index (χ4n) is 3.80. The lowest BCUT2D eigenvalue weighted by Gasteiger charge is -2.21. The summed E-state index contributed by atoms with van der Waals surface area (Å²) in [5, 5.41) is 0. The van der Waals surface area contributed by atoms with E-state index in [1.165, 1.54) is 44.5 Å². The van der Waals surface area contributed by atoms with Gasteiger partial charge in [0.1, 0.15) is 36.9 Å². The zero-order valence-corrected chi connectivity index (χ0v) is 17.8. The second-order valence-corrected chi connectivity index (χ2v) is 8.17. The van der Waals surface area contributed by atoms with Crippen LogP contribution in [0.25, 0.3) is 11.1 Å². The molecule has 2 atom stereocenters. The van der Waals surface area contributed by atoms with E-state index in [1.807, 2.05) is 0 Å². The first kappa shape index (κ1) is 19.3. The second kappa shape index (κ2) is 7.41. The topological polar surface area (TPSA) is 43.5 Å². The first-order valence-electron chi connectivity index (χ1n) is 10.1. The summed E-state index contributed by atoms with van der Waals surface area (Å²) < 4.78 is 22.7. The van der Waals surface area contributed by atoms with Crippen molar-refractivity contribution in [2.24, 2.45) is 0 Å². The molecule has 2 aliphatic heterocycles. The monoisotopic (exact) mass is 382 g/mol. The van der Waals surface area contributed by atoms with Gasteiger partial charge in [-0.15, -0.1) is 0 Å². The van der Waals surface area contributed by atoms with E-state index >= 15 is 0 Å². The SMILES string of the molecule is Cc1cc(-c2cc(C)c(OCC3CO3)c(C)c2C)c(C)c(C)c1OCC1CO1. The van der Waals surface area contributed by atoms with E-state index in [1.54, 1.807) is 0 Å². The Hall–Kier alpha value is -2.04. The number of epoxide rings is 2. The van der Waals surface area contributed by atoms with Crippen molar-refractivity contribution in [3.8, 4) is 22.6 Å². The molecule has 2 aromatic rings. The smallest absolute Gasteiger partial charge is 0.125 e. The molecular weight excluding hydrogens is 352 g/mol. The molecule has 4 rings (SSSR count). The van der Waals surface area contributed by atoms with Crippen molar-refractivity contribution in [1.82, 2.24) is 0 Å². The molecule has 0 spiro atoms. The zero-order valence-electron chi connectivity index (χ0n) is 17.8. The maximum absolute atomic E-state index is 6.06. The van der Waals surface area contributed by atoms with Gasteiger partial charge in [-0.25, -0.2) is 0 Å². The van der Waals surface area contributed by atoms with E-state index in [0.717, 1.165) is 24.7 Å². The van der Waals surface area contributed by atoms with Crippen LogP contribution < -0.4 is 9.47 Å². The third-order valence-electron chi connectivity index (χ3n) is 5.97. The van der Waals surface area contributed by atoms with Crippen molar-refractivity contribution >= 4 is 0 Å². The Morgan fingerprint density at radius 3 is 1.36 bits per heavy atom. The third-order valence-corrected chi connectivity index (χ3v) is 5.97. The van der Waals surface area contributed by atoms with Crippen LogP contribution in [-0.4, -0.2) is 38.6 Å². The maximum atomic E-state index is 6.06. The average molecular weight is 383 g/mol. The molecule has 2 aromatic carbocycles. The minimum absolute atomic E-state index is 0.264. The number of ether oxygens (including phenoxy) is 4. The van der Waals surface area contributed by atoms with Crippen LogP contribution in [0.5, 0.6) is 11.5 Å². The molecular formula is C24H30O4. The Bertz CT molecular complexity index is 832. The van der Waals surface area contributed by atoms with Crippen molar-refractivity contribution in [1.29, 1.82) is 0 Å². The molecule has 2 fully saturated rings. The molecule has 2 aliphatic rings. The molecule has 2 saturated heterocycles. The summed E-state index contributed by atoms with van der Waals surface area (Å²) >= 11 is 0. The maximum Gasteiger partial charge on any atom is 0.125 e. The molecule has 0 bridgehead atoms. The summed E-state index contributed by atoms with van der Waals surface area (Å²) in [5.74, 6) is 1.99. The predicted molar refractivity (Wildman–Crippen MR) is 111 cm³/mol. The Morgan fingerprint density at radius 2 is 1.04 bits per heavy atom. The average Bonchev–Trinajstić information content (AvgIpc) is 3.55. The van der Waals surface area contributed by atoms with Crippen LogP contribution >= 0.6 is 0 Å². The number of hydrogen-bond acceptors (Lipinski definition) is 4. The minimum atomic E-state index is 0.264. The lowest BCUT2D eigenvalue weighted by Crippen LogP contribution is -2.08. The van der Waals surface area contributed by atoms with Gasteiger partial charge in [-0.3, -0.25) is 0 Å². The molecule has 4 nitrogen and oxygen atoms in total. The van der Waals surface area contributed by atoms with Gasteiger partial charge in [0.25, 0.3) is 0 Å². The minimum Gasteiger partial charge on any atom is -0.490 e. The molecule has 0 amide bonds. The Kier molecular flexibility index (Phi) is 5.11. The summed E-state index contributed by atoms with van der Waals surface area (Å²) in [6.07, 6.45) is 0.528. The number of hydrogen-bond donors (Lipinski definition) is 0. The van der Waals surface area contributed by atoms with Crippen LogP contribution in [0.3, 0.4) is 0 Å². The van der Waals surface area contributed by atoms with Crippen molar-refractivity contribution in [3.05, 3.63) is 45.5 Å². The summed E-state index contributed by atoms with van der Waals surface area (Å²) in [4.78, 5) is 0. The molecule has 2 unspecified atom stereocenters. The normalized spacial score (nSPS) is 20.2. The van der Waals surface area contributed by atoms with E-state index in [9.17, 15) is 0 Å². The molecule has 0 aliphatic carbocycles. The van der Waals surface area contributed by atoms with Gasteiger partial charge in [0.05, 0.1) is 13.2 Å². The van der Waals surface area contributed by atoms with Crippen LogP contribution in [0.1, 0.15) is 33.4 Å². The van der Waals surface area contributed by atoms with E-state index in [-0.39, 0.29) is 12.2 Å². The zero-order chi connectivity index (χ0) is 20.0. The van der Waals surface area contributed by atoms with Crippen molar-refractivity contribution in [2.75, 3.05) is 26.4 Å². The summed E-state index contributed by atoms with van der Waals surface area (Å²) in [6.45, 7) is 15.8. The molecule has 0 aromatic heterocycles. The van der Waals surface area contributed by atoms with Crippen molar-refractivity contribution < 1.29 is 18.9 Å². The van der Waals surface area contributed by atoms with Gasteiger partial charge >= 0.3 is 0 Å². The highest BCUT2D eigenvalue weighted by Crippen LogP contribution is 2.40. The Labute approximate surface area is 167 Å². The second-order valence-electron chi connectivity index (χ2n) is 8.17. The standard InChI is InChI=1S/C24H30O4/c1-13-7-21(15(3)17(5)23(13)27-11-19-9-25-19)22-8-14(2)24(18(6)16(22)4)28-12-20-10-26-20/h7-8,19-20H,9-12H2,1-6H3. The summed E-state index contributed by atoms with van der Waals surface area (Å²) in [6, 6.07) is 4.51. The summed E-state index contributed by atoms with van der Waals surface area (Å²) in [5.41, 5.74) is 9.81. The number of aryl methyl sites for hydroxylation is 2. The van der Waals surface area contributed by atoms with Crippen molar-refractivity contribution in [2.45, 2.75) is 53.8 Å². The van der Waals surface area contributed by atoms with Gasteiger partial charge in [0.15, 0.2) is 0 Å². The lowest BCUT2D eigenvalue weighted by molar-refractivity contribution is 0.260. The van der Waals surface area contributed by atoms with Gasteiger partial charge in [-0.05, 0) is 98.2 Å². The van der Waals surface area contributed by atoms with Crippen LogP contribution in [0, 0.1) is 41.5 Å². The Balaban J connectivity index is 1.69. The van der Waals surface area contributed by atoms with Gasteiger partial charge in [-0.2, -0.15) is 0 Å². The molecule has 2 heterocycles. The molecule has 28 heavy (non-hydrogen) atoms. The van der Waals surface area contributed by atoms with E-state index in [0.29, 0.717) is 13.2 Å². The predicted octanol–water partition coefficient (Wildman–Crippen LogP) is 4.76. The molecule has 0 saturated carbocycles. The number of rotatable bonds is 7. The molecule has 150 valence electrons. The Morgan fingerprint density at radius 1 is 0.679 bits per heavy atom. The van der Waals surface area contributed by atoms with Crippen LogP contribution in [0.4, 0.5) is 0 Å². The van der Waals surface area contributed by atoms with Gasteiger partial charge in [0, 0.05) is 0 Å². The van der Waals surface area contributed by atoms with Gasteiger partial charge < -0.3 is 18.9 Å². The first-order chi connectivity index (χ1) is 13.4. The van der Waals surface area contributed by atoms with Crippen LogP contribution in [-0.2, 0) is 9.47 Å². The van der Waals surface area contributed by atoms with Crippen molar-refractivity contribution in [3.63, 3.8) is 0 Å². The highest BCUT2D eigenvalue weighted by Gasteiger charge is 2.26. The largest absolute Gasteiger partial charge is 0.490 e. The fourth-order valence-corrected chi connectivity index (χ4v) is 3.80. The highest BCUT2D eigenvalue weighted by molar-refractivity contribution is 5.77. The molecule has 0 N–H and O–H groups in total. The number of benzene rings is 2. The van der Waals surface area contributed by atoms with Gasteiger partial charge in [0.2, 0.25) is 0 Å². The van der Waals surface area contributed by atoms with Crippen LogP contribution in [0.15, 0.2) is 12.1 Å².